The molecule has 0 spiro atoms. The van der Waals surface area contributed by atoms with E-state index in [0.717, 1.165) is 23.4 Å². The predicted molar refractivity (Wildman–Crippen MR) is 122 cm³/mol. The maximum Gasteiger partial charge on any atom is 0.230 e. The van der Waals surface area contributed by atoms with Gasteiger partial charge in [-0.15, -0.1) is 10.2 Å². The van der Waals surface area contributed by atoms with Gasteiger partial charge in [0, 0.05) is 23.7 Å². The van der Waals surface area contributed by atoms with Crippen LogP contribution in [0.15, 0.2) is 78.0 Å². The van der Waals surface area contributed by atoms with Gasteiger partial charge in [-0.2, -0.15) is 0 Å². The molecule has 1 N–H and O–H groups in total. The fourth-order valence-corrected chi connectivity index (χ4v) is 4.02. The Morgan fingerprint density at radius 2 is 1.79 bits per heavy atom. The van der Waals surface area contributed by atoms with Crippen LogP contribution in [0, 0.1) is 11.6 Å². The first-order valence-electron chi connectivity index (χ1n) is 10.0. The number of carbonyl (C=O) groups excluding carboxylic acids is 1. The highest BCUT2D eigenvalue weighted by Gasteiger charge is 2.20. The summed E-state index contributed by atoms with van der Waals surface area (Å²) in [4.78, 5) is 12.5. The van der Waals surface area contributed by atoms with Crippen LogP contribution in [0.2, 0.25) is 0 Å². The van der Waals surface area contributed by atoms with E-state index in [0.29, 0.717) is 28.8 Å². The van der Waals surface area contributed by atoms with E-state index in [1.165, 1.54) is 16.7 Å². The van der Waals surface area contributed by atoms with Gasteiger partial charge in [-0.1, -0.05) is 60.3 Å². The molecule has 1 heterocycles. The molecule has 3 aromatic carbocycles. The SMILES string of the molecule is COc1ccccc1CNC(=O)CSc1nnc(-c2ccccc2)n1-c1ccc(F)cc1F. The zero-order valence-corrected chi connectivity index (χ0v) is 18.5. The van der Waals surface area contributed by atoms with E-state index in [4.69, 9.17) is 4.74 Å². The van der Waals surface area contributed by atoms with Crippen molar-refractivity contribution in [2.45, 2.75) is 11.7 Å². The zero-order chi connectivity index (χ0) is 23.2. The van der Waals surface area contributed by atoms with Gasteiger partial charge in [0.05, 0.1) is 18.6 Å². The van der Waals surface area contributed by atoms with Crippen molar-refractivity contribution in [2.24, 2.45) is 0 Å². The number of halogens is 2. The second-order valence-corrected chi connectivity index (χ2v) is 7.92. The summed E-state index contributed by atoms with van der Waals surface area (Å²) in [5.41, 5.74) is 1.65. The molecule has 9 heteroatoms. The number of nitrogens with one attached hydrogen (secondary N) is 1. The van der Waals surface area contributed by atoms with Gasteiger partial charge in [0.1, 0.15) is 17.4 Å². The van der Waals surface area contributed by atoms with Crippen LogP contribution in [0.4, 0.5) is 8.78 Å². The molecule has 1 amide bonds. The zero-order valence-electron chi connectivity index (χ0n) is 17.7. The number of nitrogens with zero attached hydrogens (tertiary/aromatic N) is 3. The quantitative estimate of drug-likeness (QED) is 0.384. The van der Waals surface area contributed by atoms with Crippen LogP contribution in [0.1, 0.15) is 5.56 Å². The van der Waals surface area contributed by atoms with Crippen LogP contribution < -0.4 is 10.1 Å². The lowest BCUT2D eigenvalue weighted by Gasteiger charge is -2.12. The molecule has 4 aromatic rings. The standard InChI is InChI=1S/C24H20F2N4O2S/c1-32-21-10-6-5-9-17(21)14-27-22(31)15-33-24-29-28-23(16-7-3-2-4-8-16)30(24)20-12-11-18(25)13-19(20)26/h2-13H,14-15H2,1H3,(H,27,31). The third kappa shape index (κ3) is 5.20. The molecular formula is C24H20F2N4O2S. The minimum atomic E-state index is -0.755. The molecule has 0 bridgehead atoms. The second-order valence-electron chi connectivity index (χ2n) is 6.98. The first-order chi connectivity index (χ1) is 16.1. The molecule has 0 saturated heterocycles. The summed E-state index contributed by atoms with van der Waals surface area (Å²) in [5.74, 6) is -0.570. The number of carbonyl (C=O) groups is 1. The van der Waals surface area contributed by atoms with Crippen LogP contribution in [-0.4, -0.2) is 33.5 Å². The van der Waals surface area contributed by atoms with Crippen molar-refractivity contribution in [3.63, 3.8) is 0 Å². The fraction of sp³-hybridized carbons (Fsp3) is 0.125. The average molecular weight is 467 g/mol. The van der Waals surface area contributed by atoms with Crippen molar-refractivity contribution in [3.05, 3.63) is 90.0 Å². The molecule has 0 atom stereocenters. The van der Waals surface area contributed by atoms with Gasteiger partial charge in [0.25, 0.3) is 0 Å². The van der Waals surface area contributed by atoms with Gasteiger partial charge in [-0.05, 0) is 18.2 Å². The third-order valence-corrected chi connectivity index (χ3v) is 5.75. The summed E-state index contributed by atoms with van der Waals surface area (Å²) in [7, 11) is 1.57. The van der Waals surface area contributed by atoms with Crippen molar-refractivity contribution in [2.75, 3.05) is 12.9 Å². The van der Waals surface area contributed by atoms with Gasteiger partial charge in [0.15, 0.2) is 11.0 Å². The lowest BCUT2D eigenvalue weighted by Crippen LogP contribution is -2.25. The van der Waals surface area contributed by atoms with Crippen molar-refractivity contribution in [3.8, 4) is 22.8 Å². The van der Waals surface area contributed by atoms with E-state index in [-0.39, 0.29) is 17.3 Å². The Balaban J connectivity index is 1.55. The number of amides is 1. The Hall–Kier alpha value is -3.72. The summed E-state index contributed by atoms with van der Waals surface area (Å²) < 4.78 is 34.9. The van der Waals surface area contributed by atoms with E-state index in [1.54, 1.807) is 7.11 Å². The number of aromatic nitrogens is 3. The molecule has 0 aliphatic rings. The highest BCUT2D eigenvalue weighted by molar-refractivity contribution is 7.99. The van der Waals surface area contributed by atoms with E-state index in [2.05, 4.69) is 15.5 Å². The Bertz CT molecular complexity index is 1260. The van der Waals surface area contributed by atoms with Gasteiger partial charge in [-0.3, -0.25) is 9.36 Å². The number of methoxy groups -OCH3 is 1. The smallest absolute Gasteiger partial charge is 0.230 e. The Labute approximate surface area is 193 Å². The lowest BCUT2D eigenvalue weighted by molar-refractivity contribution is -0.118. The van der Waals surface area contributed by atoms with Crippen molar-refractivity contribution < 1.29 is 18.3 Å². The van der Waals surface area contributed by atoms with E-state index in [1.807, 2.05) is 54.6 Å². The second kappa shape index (κ2) is 10.3. The highest BCUT2D eigenvalue weighted by Crippen LogP contribution is 2.29. The average Bonchev–Trinajstić information content (AvgIpc) is 3.25. The lowest BCUT2D eigenvalue weighted by atomic mass is 10.2. The molecule has 4 rings (SSSR count). The van der Waals surface area contributed by atoms with Gasteiger partial charge in [0.2, 0.25) is 5.91 Å². The fourth-order valence-electron chi connectivity index (χ4n) is 3.24. The first kappa shape index (κ1) is 22.5. The number of hydrogen-bond donors (Lipinski definition) is 1. The van der Waals surface area contributed by atoms with Gasteiger partial charge < -0.3 is 10.1 Å². The summed E-state index contributed by atoms with van der Waals surface area (Å²) in [6.45, 7) is 0.304. The Morgan fingerprint density at radius 3 is 2.55 bits per heavy atom. The van der Waals surface area contributed by atoms with Crippen LogP contribution >= 0.6 is 11.8 Å². The molecule has 33 heavy (non-hydrogen) atoms. The summed E-state index contributed by atoms with van der Waals surface area (Å²) in [6, 6.07) is 19.8. The Morgan fingerprint density at radius 1 is 1.03 bits per heavy atom. The monoisotopic (exact) mass is 466 g/mol. The topological polar surface area (TPSA) is 69.0 Å². The number of benzene rings is 3. The molecular weight excluding hydrogens is 446 g/mol. The number of rotatable bonds is 8. The predicted octanol–water partition coefficient (Wildman–Crippen LogP) is 4.63. The molecule has 6 nitrogen and oxygen atoms in total. The number of para-hydroxylation sites is 1. The molecule has 168 valence electrons. The van der Waals surface area contributed by atoms with E-state index in [9.17, 15) is 13.6 Å². The maximum absolute atomic E-state index is 14.7. The highest BCUT2D eigenvalue weighted by atomic mass is 32.2. The van der Waals surface area contributed by atoms with E-state index >= 15 is 0 Å². The molecule has 0 radical (unpaired) electrons. The maximum atomic E-state index is 14.7. The normalized spacial score (nSPS) is 10.8. The van der Waals surface area contributed by atoms with Crippen LogP contribution in [-0.2, 0) is 11.3 Å². The number of thioether (sulfide) groups is 1. The van der Waals surface area contributed by atoms with Gasteiger partial charge >= 0.3 is 0 Å². The van der Waals surface area contributed by atoms with Crippen LogP contribution in [0.5, 0.6) is 5.75 Å². The molecule has 1 aromatic heterocycles. The summed E-state index contributed by atoms with van der Waals surface area (Å²) >= 11 is 1.11. The minimum absolute atomic E-state index is 0.0326. The van der Waals surface area contributed by atoms with Gasteiger partial charge in [-0.25, -0.2) is 8.78 Å². The van der Waals surface area contributed by atoms with Crippen molar-refractivity contribution in [1.82, 2.24) is 20.1 Å². The summed E-state index contributed by atoms with van der Waals surface area (Å²) in [6.07, 6.45) is 0. The van der Waals surface area contributed by atoms with Crippen LogP contribution in [0.25, 0.3) is 17.1 Å². The molecule has 0 aliphatic heterocycles. The summed E-state index contributed by atoms with van der Waals surface area (Å²) in [5, 5.41) is 11.5. The first-order valence-corrected chi connectivity index (χ1v) is 11.0. The number of hydrogen-bond acceptors (Lipinski definition) is 5. The van der Waals surface area contributed by atoms with Crippen LogP contribution in [0.3, 0.4) is 0 Å². The van der Waals surface area contributed by atoms with Crippen molar-refractivity contribution in [1.29, 1.82) is 0 Å². The minimum Gasteiger partial charge on any atom is -0.496 e. The number of ether oxygens (including phenoxy) is 1. The third-order valence-electron chi connectivity index (χ3n) is 4.82. The largest absolute Gasteiger partial charge is 0.496 e. The van der Waals surface area contributed by atoms with Crippen molar-refractivity contribution >= 4 is 17.7 Å². The Kier molecular flexibility index (Phi) is 6.99. The molecule has 0 saturated carbocycles. The molecule has 0 aliphatic carbocycles. The molecule has 0 fully saturated rings. The van der Waals surface area contributed by atoms with E-state index < -0.39 is 11.6 Å². The molecule has 0 unspecified atom stereocenters.